The summed E-state index contributed by atoms with van der Waals surface area (Å²) in [4.78, 5) is 14.2. The molecule has 182 valence electrons. The lowest BCUT2D eigenvalue weighted by molar-refractivity contribution is 0.00462. The standard InChI is InChI=1S/C27H24F2N6O/c1-15-22(6-8-30)33-27-24(32-15)12-23(34-26(27)20-5-2-18(28)11-21(20)29)16-7-9-36-25(10-16)17-13-31-35(14-17)19-3-4-19/h2,5,11-14,16,19,25H,3-4,6-7,9-10H2,1H3/t16-,25+/m1/s1. The predicted molar refractivity (Wildman–Crippen MR) is 128 cm³/mol. The second kappa shape index (κ2) is 9.03. The number of pyridine rings is 1. The Morgan fingerprint density at radius 2 is 2.00 bits per heavy atom. The predicted octanol–water partition coefficient (Wildman–Crippen LogP) is 5.51. The fourth-order valence-corrected chi connectivity index (χ4v) is 4.88. The Labute approximate surface area is 206 Å². The Bertz CT molecular complexity index is 1510. The molecule has 2 fully saturated rings. The number of ether oxygens (including phenoxy) is 1. The number of aromatic nitrogens is 5. The lowest BCUT2D eigenvalue weighted by Crippen LogP contribution is -2.19. The second-order valence-corrected chi connectivity index (χ2v) is 9.54. The SMILES string of the molecule is Cc1nc2cc([C@@H]3CCO[C@H](c4cnn(C5CC5)c4)C3)nc(-c3ccc(F)cc3F)c2nc1CC#N. The maximum atomic E-state index is 14.9. The molecule has 9 heteroatoms. The highest BCUT2D eigenvalue weighted by Gasteiger charge is 2.30. The summed E-state index contributed by atoms with van der Waals surface area (Å²) < 4.78 is 36.7. The van der Waals surface area contributed by atoms with Crippen LogP contribution in [0.4, 0.5) is 8.78 Å². The zero-order valence-electron chi connectivity index (χ0n) is 19.8. The summed E-state index contributed by atoms with van der Waals surface area (Å²) in [6.45, 7) is 2.37. The van der Waals surface area contributed by atoms with Crippen LogP contribution in [0.5, 0.6) is 0 Å². The van der Waals surface area contributed by atoms with E-state index < -0.39 is 11.6 Å². The van der Waals surface area contributed by atoms with Crippen molar-refractivity contribution < 1.29 is 13.5 Å². The van der Waals surface area contributed by atoms with E-state index >= 15 is 0 Å². The van der Waals surface area contributed by atoms with E-state index in [4.69, 9.17) is 14.7 Å². The van der Waals surface area contributed by atoms with Gasteiger partial charge in [0.1, 0.15) is 22.8 Å². The maximum absolute atomic E-state index is 14.9. The van der Waals surface area contributed by atoms with Gasteiger partial charge in [-0.2, -0.15) is 10.4 Å². The first-order valence-electron chi connectivity index (χ1n) is 12.2. The highest BCUT2D eigenvalue weighted by atomic mass is 19.1. The summed E-state index contributed by atoms with van der Waals surface area (Å²) in [7, 11) is 0. The molecule has 0 spiro atoms. The molecule has 0 bridgehead atoms. The monoisotopic (exact) mass is 486 g/mol. The van der Waals surface area contributed by atoms with Crippen LogP contribution in [0.15, 0.2) is 36.7 Å². The third kappa shape index (κ3) is 4.22. The van der Waals surface area contributed by atoms with Crippen LogP contribution in [0.2, 0.25) is 0 Å². The van der Waals surface area contributed by atoms with Gasteiger partial charge in [-0.05, 0) is 50.8 Å². The van der Waals surface area contributed by atoms with E-state index in [1.165, 1.54) is 12.1 Å². The fraction of sp³-hybridized carbons (Fsp3) is 0.370. The normalized spacial score (nSPS) is 19.9. The van der Waals surface area contributed by atoms with E-state index in [9.17, 15) is 14.0 Å². The number of nitrogens with zero attached hydrogens (tertiary/aromatic N) is 6. The molecule has 7 nitrogen and oxygen atoms in total. The third-order valence-corrected chi connectivity index (χ3v) is 6.99. The molecule has 36 heavy (non-hydrogen) atoms. The molecule has 1 aromatic carbocycles. The molecular formula is C27H24F2N6O. The van der Waals surface area contributed by atoms with E-state index in [1.807, 2.05) is 16.9 Å². The Balaban J connectivity index is 1.43. The number of rotatable bonds is 5. The molecule has 3 aromatic heterocycles. The van der Waals surface area contributed by atoms with Crippen LogP contribution in [0.25, 0.3) is 22.3 Å². The van der Waals surface area contributed by atoms with Gasteiger partial charge in [-0.25, -0.2) is 23.7 Å². The first kappa shape index (κ1) is 22.7. The Morgan fingerprint density at radius 1 is 1.14 bits per heavy atom. The van der Waals surface area contributed by atoms with Crippen LogP contribution in [0.1, 0.15) is 66.4 Å². The Kier molecular flexibility index (Phi) is 5.69. The molecule has 1 saturated carbocycles. The molecular weight excluding hydrogens is 462 g/mol. The minimum absolute atomic E-state index is 0.0561. The van der Waals surface area contributed by atoms with Gasteiger partial charge in [-0.1, -0.05) is 0 Å². The van der Waals surface area contributed by atoms with Gasteiger partial charge >= 0.3 is 0 Å². The average Bonchev–Trinajstić information content (AvgIpc) is 3.60. The van der Waals surface area contributed by atoms with Gasteiger partial charge in [0, 0.05) is 41.6 Å². The maximum Gasteiger partial charge on any atom is 0.135 e. The highest BCUT2D eigenvalue weighted by Crippen LogP contribution is 2.40. The van der Waals surface area contributed by atoms with Crippen molar-refractivity contribution in [2.24, 2.45) is 0 Å². The minimum Gasteiger partial charge on any atom is -0.373 e. The van der Waals surface area contributed by atoms with Crippen molar-refractivity contribution in [3.05, 3.63) is 70.9 Å². The summed E-state index contributed by atoms with van der Waals surface area (Å²) in [5.74, 6) is -1.33. The molecule has 1 aliphatic heterocycles. The fourth-order valence-electron chi connectivity index (χ4n) is 4.88. The van der Waals surface area contributed by atoms with E-state index in [1.54, 1.807) is 6.92 Å². The quantitative estimate of drug-likeness (QED) is 0.369. The number of hydrogen-bond acceptors (Lipinski definition) is 6. The van der Waals surface area contributed by atoms with Crippen LogP contribution in [-0.4, -0.2) is 31.3 Å². The van der Waals surface area contributed by atoms with Crippen molar-refractivity contribution in [1.29, 1.82) is 5.26 Å². The van der Waals surface area contributed by atoms with Crippen molar-refractivity contribution in [3.8, 4) is 17.3 Å². The second-order valence-electron chi connectivity index (χ2n) is 9.54. The van der Waals surface area contributed by atoms with Crippen LogP contribution >= 0.6 is 0 Å². The summed E-state index contributed by atoms with van der Waals surface area (Å²) in [6, 6.07) is 7.92. The van der Waals surface area contributed by atoms with E-state index in [2.05, 4.69) is 22.3 Å². The topological polar surface area (TPSA) is 89.5 Å². The number of fused-ring (bicyclic) bond motifs is 1. The van der Waals surface area contributed by atoms with E-state index in [0.29, 0.717) is 47.2 Å². The Morgan fingerprint density at radius 3 is 2.78 bits per heavy atom. The highest BCUT2D eigenvalue weighted by molar-refractivity contribution is 5.89. The van der Waals surface area contributed by atoms with Crippen LogP contribution in [0, 0.1) is 29.9 Å². The summed E-state index contributed by atoms with van der Waals surface area (Å²) in [5.41, 5.74) is 4.40. The van der Waals surface area contributed by atoms with Gasteiger partial charge in [0.15, 0.2) is 0 Å². The molecule has 1 aliphatic carbocycles. The van der Waals surface area contributed by atoms with Crippen LogP contribution in [0.3, 0.4) is 0 Å². The molecule has 0 unspecified atom stereocenters. The number of aryl methyl sites for hydroxylation is 1. The average molecular weight is 487 g/mol. The van der Waals surface area contributed by atoms with Crippen molar-refractivity contribution in [1.82, 2.24) is 24.7 Å². The van der Waals surface area contributed by atoms with Gasteiger partial charge in [-0.15, -0.1) is 0 Å². The molecule has 4 heterocycles. The number of benzene rings is 1. The van der Waals surface area contributed by atoms with Crippen molar-refractivity contribution in [2.45, 2.75) is 57.1 Å². The van der Waals surface area contributed by atoms with E-state index in [-0.39, 0.29) is 24.0 Å². The zero-order chi connectivity index (χ0) is 24.8. The first-order chi connectivity index (χ1) is 17.5. The summed E-state index contributed by atoms with van der Waals surface area (Å²) in [6.07, 6.45) is 7.72. The number of halogens is 2. The van der Waals surface area contributed by atoms with E-state index in [0.717, 1.165) is 36.6 Å². The van der Waals surface area contributed by atoms with Gasteiger partial charge in [0.25, 0.3) is 0 Å². The molecule has 2 aliphatic rings. The Hall–Kier alpha value is -3.77. The first-order valence-corrected chi connectivity index (χ1v) is 12.2. The molecule has 0 amide bonds. The minimum atomic E-state index is -0.720. The van der Waals surface area contributed by atoms with Crippen molar-refractivity contribution in [2.75, 3.05) is 6.61 Å². The molecule has 6 rings (SSSR count). The lowest BCUT2D eigenvalue weighted by Gasteiger charge is -2.29. The number of nitriles is 1. The van der Waals surface area contributed by atoms with Crippen molar-refractivity contribution >= 4 is 11.0 Å². The van der Waals surface area contributed by atoms with Crippen LogP contribution in [-0.2, 0) is 11.2 Å². The lowest BCUT2D eigenvalue weighted by atomic mass is 9.89. The van der Waals surface area contributed by atoms with Crippen LogP contribution < -0.4 is 0 Å². The molecule has 2 atom stereocenters. The molecule has 4 aromatic rings. The van der Waals surface area contributed by atoms with Gasteiger partial charge in [0.05, 0.1) is 47.7 Å². The van der Waals surface area contributed by atoms with Crippen molar-refractivity contribution in [3.63, 3.8) is 0 Å². The number of hydrogen-bond donors (Lipinski definition) is 0. The van der Waals surface area contributed by atoms with Gasteiger partial charge in [-0.3, -0.25) is 4.68 Å². The third-order valence-electron chi connectivity index (χ3n) is 6.99. The molecule has 1 saturated heterocycles. The molecule has 0 N–H and O–H groups in total. The van der Waals surface area contributed by atoms with Gasteiger partial charge < -0.3 is 4.74 Å². The zero-order valence-corrected chi connectivity index (χ0v) is 19.8. The van der Waals surface area contributed by atoms with Gasteiger partial charge in [0.2, 0.25) is 0 Å². The molecule has 0 radical (unpaired) electrons. The largest absolute Gasteiger partial charge is 0.373 e. The summed E-state index contributed by atoms with van der Waals surface area (Å²) >= 11 is 0. The smallest absolute Gasteiger partial charge is 0.135 e. The summed E-state index contributed by atoms with van der Waals surface area (Å²) in [5, 5.41) is 13.7.